The van der Waals surface area contributed by atoms with Gasteiger partial charge in [0.25, 0.3) is 10.0 Å². The Kier molecular flexibility index (Phi) is 11.7. The Morgan fingerprint density at radius 3 is 2.11 bits per heavy atom. The molecule has 0 unspecified atom stereocenters. The standard InChI is InChI=1S/C35H38FN3O6S/c1-4-22-37-35(41)32(23-26-10-6-5-7-11-26)38(24-27-14-16-28(36)17-15-27)34(40)25-39(31-12-8-9-13-33(31)45-3)46(42,43)30-20-18-29(44-2)19-21-30/h5-21,32H,4,22-25H2,1-3H3,(H,37,41)/t32-/m0/s1. The summed E-state index contributed by atoms with van der Waals surface area (Å²) in [6, 6.07) is 26.2. The van der Waals surface area contributed by atoms with Gasteiger partial charge in [-0.2, -0.15) is 0 Å². The lowest BCUT2D eigenvalue weighted by Crippen LogP contribution is -2.53. The van der Waals surface area contributed by atoms with Crippen LogP contribution >= 0.6 is 0 Å². The smallest absolute Gasteiger partial charge is 0.264 e. The maximum atomic E-state index is 14.5. The monoisotopic (exact) mass is 647 g/mol. The number of benzene rings is 4. The zero-order chi connectivity index (χ0) is 33.1. The van der Waals surface area contributed by atoms with Gasteiger partial charge in [0.1, 0.15) is 29.9 Å². The number of nitrogens with zero attached hydrogens (tertiary/aromatic N) is 2. The summed E-state index contributed by atoms with van der Waals surface area (Å²) in [6.07, 6.45) is 0.848. The molecule has 0 heterocycles. The van der Waals surface area contributed by atoms with E-state index in [1.807, 2.05) is 37.3 Å². The molecule has 4 rings (SSSR count). The highest BCUT2D eigenvalue weighted by Crippen LogP contribution is 2.33. The van der Waals surface area contributed by atoms with E-state index in [0.717, 1.165) is 9.87 Å². The van der Waals surface area contributed by atoms with Crippen LogP contribution in [0.1, 0.15) is 24.5 Å². The van der Waals surface area contributed by atoms with Crippen LogP contribution in [0.25, 0.3) is 0 Å². The van der Waals surface area contributed by atoms with Crippen LogP contribution < -0.4 is 19.1 Å². The Morgan fingerprint density at radius 1 is 0.826 bits per heavy atom. The SMILES string of the molecule is CCCNC(=O)[C@H](Cc1ccccc1)N(Cc1ccc(F)cc1)C(=O)CN(c1ccccc1OC)S(=O)(=O)c1ccc(OC)cc1. The summed E-state index contributed by atoms with van der Waals surface area (Å²) in [5, 5.41) is 2.90. The molecule has 0 radical (unpaired) electrons. The van der Waals surface area contributed by atoms with Gasteiger partial charge in [-0.3, -0.25) is 13.9 Å². The van der Waals surface area contributed by atoms with Crippen LogP contribution in [0.3, 0.4) is 0 Å². The van der Waals surface area contributed by atoms with Crippen molar-refractivity contribution in [2.45, 2.75) is 37.2 Å². The molecule has 0 aliphatic heterocycles. The lowest BCUT2D eigenvalue weighted by Gasteiger charge is -2.34. The van der Waals surface area contributed by atoms with Gasteiger partial charge in [0, 0.05) is 19.5 Å². The molecule has 0 aliphatic carbocycles. The Labute approximate surface area is 269 Å². The van der Waals surface area contributed by atoms with Gasteiger partial charge < -0.3 is 19.7 Å². The molecule has 2 amide bonds. The molecule has 1 atom stereocenters. The Balaban J connectivity index is 1.82. The Bertz CT molecular complexity index is 1700. The lowest BCUT2D eigenvalue weighted by atomic mass is 10.0. The predicted molar refractivity (Wildman–Crippen MR) is 175 cm³/mol. The minimum absolute atomic E-state index is 0.0707. The zero-order valence-electron chi connectivity index (χ0n) is 26.1. The number of hydrogen-bond donors (Lipinski definition) is 1. The number of methoxy groups -OCH3 is 2. The van der Waals surface area contributed by atoms with Crippen molar-refractivity contribution in [3.05, 3.63) is 120 Å². The van der Waals surface area contributed by atoms with Crippen molar-refractivity contribution in [1.29, 1.82) is 0 Å². The number of amides is 2. The van der Waals surface area contributed by atoms with Crippen LogP contribution in [0.2, 0.25) is 0 Å². The molecule has 0 saturated carbocycles. The number of para-hydroxylation sites is 2. The molecule has 4 aromatic rings. The molecule has 0 bridgehead atoms. The van der Waals surface area contributed by atoms with Crippen molar-refractivity contribution in [3.8, 4) is 11.5 Å². The van der Waals surface area contributed by atoms with E-state index in [4.69, 9.17) is 9.47 Å². The van der Waals surface area contributed by atoms with Crippen LogP contribution in [0, 0.1) is 5.82 Å². The summed E-state index contributed by atoms with van der Waals surface area (Å²) in [6.45, 7) is 1.59. The molecule has 9 nitrogen and oxygen atoms in total. The molecule has 0 aromatic heterocycles. The molecule has 46 heavy (non-hydrogen) atoms. The van der Waals surface area contributed by atoms with Crippen molar-refractivity contribution in [2.75, 3.05) is 31.6 Å². The topological polar surface area (TPSA) is 105 Å². The number of ether oxygens (including phenoxy) is 2. The minimum atomic E-state index is -4.34. The summed E-state index contributed by atoms with van der Waals surface area (Å²) in [4.78, 5) is 29.5. The third-order valence-corrected chi connectivity index (χ3v) is 9.14. The van der Waals surface area contributed by atoms with Gasteiger partial charge in [-0.05, 0) is 66.1 Å². The summed E-state index contributed by atoms with van der Waals surface area (Å²) in [7, 11) is -1.45. The molecule has 1 N–H and O–H groups in total. The van der Waals surface area contributed by atoms with E-state index in [-0.39, 0.29) is 35.2 Å². The number of carbonyl (C=O) groups excluding carboxylic acids is 2. The fraction of sp³-hybridized carbons (Fsp3) is 0.257. The molecule has 242 valence electrons. The van der Waals surface area contributed by atoms with E-state index in [9.17, 15) is 22.4 Å². The van der Waals surface area contributed by atoms with Gasteiger partial charge in [0.05, 0.1) is 24.8 Å². The van der Waals surface area contributed by atoms with E-state index in [1.165, 1.54) is 67.7 Å². The van der Waals surface area contributed by atoms with Gasteiger partial charge in [0.15, 0.2) is 0 Å². The van der Waals surface area contributed by atoms with Gasteiger partial charge >= 0.3 is 0 Å². The van der Waals surface area contributed by atoms with Gasteiger partial charge in [-0.15, -0.1) is 0 Å². The van der Waals surface area contributed by atoms with E-state index in [2.05, 4.69) is 5.32 Å². The number of carbonyl (C=O) groups is 2. The summed E-state index contributed by atoms with van der Waals surface area (Å²) >= 11 is 0. The van der Waals surface area contributed by atoms with Crippen LogP contribution in [0.4, 0.5) is 10.1 Å². The molecule has 0 aliphatic rings. The number of nitrogens with one attached hydrogen (secondary N) is 1. The summed E-state index contributed by atoms with van der Waals surface area (Å²) in [5.41, 5.74) is 1.52. The van der Waals surface area contributed by atoms with Crippen LogP contribution in [0.15, 0.2) is 108 Å². The second-order valence-electron chi connectivity index (χ2n) is 10.5. The second kappa shape index (κ2) is 15.9. The average Bonchev–Trinajstić information content (AvgIpc) is 3.08. The number of halogens is 1. The molecule has 11 heteroatoms. The van der Waals surface area contributed by atoms with Crippen LogP contribution in [-0.4, -0.2) is 58.5 Å². The fourth-order valence-electron chi connectivity index (χ4n) is 4.93. The molecule has 0 spiro atoms. The highest BCUT2D eigenvalue weighted by molar-refractivity contribution is 7.92. The Morgan fingerprint density at radius 2 is 1.48 bits per heavy atom. The van der Waals surface area contributed by atoms with Crippen molar-refractivity contribution >= 4 is 27.5 Å². The zero-order valence-corrected chi connectivity index (χ0v) is 26.9. The highest BCUT2D eigenvalue weighted by atomic mass is 32.2. The number of hydrogen-bond acceptors (Lipinski definition) is 6. The van der Waals surface area contributed by atoms with Gasteiger partial charge in [0.2, 0.25) is 11.8 Å². The first-order valence-corrected chi connectivity index (χ1v) is 16.3. The first-order valence-electron chi connectivity index (χ1n) is 14.8. The number of rotatable bonds is 15. The third kappa shape index (κ3) is 8.42. The molecule has 4 aromatic carbocycles. The minimum Gasteiger partial charge on any atom is -0.497 e. The predicted octanol–water partition coefficient (Wildman–Crippen LogP) is 5.20. The van der Waals surface area contributed by atoms with E-state index < -0.39 is 34.3 Å². The van der Waals surface area contributed by atoms with Crippen molar-refractivity contribution in [2.24, 2.45) is 0 Å². The maximum Gasteiger partial charge on any atom is 0.264 e. The van der Waals surface area contributed by atoms with Crippen molar-refractivity contribution < 1.29 is 31.9 Å². The normalized spacial score (nSPS) is 11.7. The average molecular weight is 648 g/mol. The van der Waals surface area contributed by atoms with Crippen molar-refractivity contribution in [3.63, 3.8) is 0 Å². The van der Waals surface area contributed by atoms with Gasteiger partial charge in [-0.1, -0.05) is 61.5 Å². The first-order chi connectivity index (χ1) is 22.2. The van der Waals surface area contributed by atoms with E-state index in [0.29, 0.717) is 24.3 Å². The molecular formula is C35H38FN3O6S. The number of anilines is 1. The quantitative estimate of drug-likeness (QED) is 0.190. The summed E-state index contributed by atoms with van der Waals surface area (Å²) in [5.74, 6) is -0.774. The fourth-order valence-corrected chi connectivity index (χ4v) is 6.36. The van der Waals surface area contributed by atoms with Crippen LogP contribution in [0.5, 0.6) is 11.5 Å². The number of sulfonamides is 1. The molecular weight excluding hydrogens is 609 g/mol. The maximum absolute atomic E-state index is 14.5. The van der Waals surface area contributed by atoms with E-state index in [1.54, 1.807) is 24.3 Å². The highest BCUT2D eigenvalue weighted by Gasteiger charge is 2.35. The van der Waals surface area contributed by atoms with Crippen molar-refractivity contribution in [1.82, 2.24) is 10.2 Å². The van der Waals surface area contributed by atoms with Gasteiger partial charge in [-0.25, -0.2) is 12.8 Å². The Hall–Kier alpha value is -4.90. The van der Waals surface area contributed by atoms with E-state index >= 15 is 0 Å². The first kappa shape index (κ1) is 34.0. The van der Waals surface area contributed by atoms with Crippen LogP contribution in [-0.2, 0) is 32.6 Å². The third-order valence-electron chi connectivity index (χ3n) is 7.37. The largest absolute Gasteiger partial charge is 0.497 e. The molecule has 0 fully saturated rings. The molecule has 0 saturated heterocycles. The lowest BCUT2D eigenvalue weighted by molar-refractivity contribution is -0.140. The second-order valence-corrected chi connectivity index (χ2v) is 12.4. The summed E-state index contributed by atoms with van der Waals surface area (Å²) < 4.78 is 54.0.